The lowest BCUT2D eigenvalue weighted by Crippen LogP contribution is -2.53. The van der Waals surface area contributed by atoms with Crippen molar-refractivity contribution in [1.82, 2.24) is 4.90 Å². The van der Waals surface area contributed by atoms with E-state index in [-0.39, 0.29) is 17.2 Å². The molecule has 2 aliphatic rings. The standard InChI is InChI=1S/C13H23N3O3/c1-12(10(14)15-18)5-7-16(8-6-12)11(17)13(2)4-3-9-19-13/h18H,3-9H2,1-2H3,(H2,14,15). The van der Waals surface area contributed by atoms with Crippen LogP contribution in [0, 0.1) is 5.41 Å². The number of carbonyl (C=O) groups is 1. The molecule has 2 heterocycles. The first-order valence-corrected chi connectivity index (χ1v) is 6.83. The Morgan fingerprint density at radius 2 is 1.95 bits per heavy atom. The van der Waals surface area contributed by atoms with E-state index in [0.29, 0.717) is 32.5 Å². The lowest BCUT2D eigenvalue weighted by atomic mass is 9.79. The molecule has 2 fully saturated rings. The predicted octanol–water partition coefficient (Wildman–Crippen LogP) is 0.931. The summed E-state index contributed by atoms with van der Waals surface area (Å²) in [4.78, 5) is 14.3. The van der Waals surface area contributed by atoms with E-state index >= 15 is 0 Å². The van der Waals surface area contributed by atoms with E-state index in [4.69, 9.17) is 15.7 Å². The Hall–Kier alpha value is -1.30. The fourth-order valence-electron chi connectivity index (χ4n) is 2.86. The SMILES string of the molecule is CC1(C(N)=NO)CCN(C(=O)C2(C)CCCO2)CC1. The van der Waals surface area contributed by atoms with Crippen LogP contribution in [0.1, 0.15) is 39.5 Å². The van der Waals surface area contributed by atoms with Crippen molar-refractivity contribution in [1.29, 1.82) is 0 Å². The van der Waals surface area contributed by atoms with Gasteiger partial charge in [-0.25, -0.2) is 0 Å². The first kappa shape index (κ1) is 14.1. The number of carbonyl (C=O) groups excluding carboxylic acids is 1. The van der Waals surface area contributed by atoms with Gasteiger partial charge in [0.2, 0.25) is 0 Å². The molecule has 108 valence electrons. The van der Waals surface area contributed by atoms with Gasteiger partial charge in [0.25, 0.3) is 5.91 Å². The molecule has 0 aliphatic carbocycles. The molecule has 19 heavy (non-hydrogen) atoms. The van der Waals surface area contributed by atoms with Gasteiger partial charge in [-0.1, -0.05) is 12.1 Å². The Bertz CT molecular complexity index is 381. The number of nitrogens with two attached hydrogens (primary N) is 1. The van der Waals surface area contributed by atoms with Crippen LogP contribution in [0.25, 0.3) is 0 Å². The van der Waals surface area contributed by atoms with E-state index in [1.165, 1.54) is 0 Å². The highest BCUT2D eigenvalue weighted by molar-refractivity contribution is 5.87. The molecule has 6 nitrogen and oxygen atoms in total. The third-order valence-corrected chi connectivity index (χ3v) is 4.55. The van der Waals surface area contributed by atoms with E-state index in [9.17, 15) is 4.79 Å². The fourth-order valence-corrected chi connectivity index (χ4v) is 2.86. The van der Waals surface area contributed by atoms with Crippen molar-refractivity contribution in [2.75, 3.05) is 19.7 Å². The number of ether oxygens (including phenoxy) is 1. The second-order valence-corrected chi connectivity index (χ2v) is 6.02. The average molecular weight is 269 g/mol. The monoisotopic (exact) mass is 269 g/mol. The number of nitrogens with zero attached hydrogens (tertiary/aromatic N) is 2. The van der Waals surface area contributed by atoms with Crippen LogP contribution in [0.5, 0.6) is 0 Å². The van der Waals surface area contributed by atoms with Crippen molar-refractivity contribution in [3.8, 4) is 0 Å². The number of amidine groups is 1. The fraction of sp³-hybridized carbons (Fsp3) is 0.846. The van der Waals surface area contributed by atoms with Gasteiger partial charge in [-0.15, -0.1) is 0 Å². The summed E-state index contributed by atoms with van der Waals surface area (Å²) < 4.78 is 5.60. The Morgan fingerprint density at radius 3 is 2.42 bits per heavy atom. The molecule has 1 unspecified atom stereocenters. The van der Waals surface area contributed by atoms with Gasteiger partial charge in [0.1, 0.15) is 11.4 Å². The van der Waals surface area contributed by atoms with Crippen LogP contribution in [0.3, 0.4) is 0 Å². The van der Waals surface area contributed by atoms with Gasteiger partial charge < -0.3 is 20.6 Å². The summed E-state index contributed by atoms with van der Waals surface area (Å²) in [5.41, 5.74) is 4.76. The molecule has 0 aromatic rings. The van der Waals surface area contributed by atoms with E-state index < -0.39 is 5.60 Å². The Balaban J connectivity index is 1.98. The summed E-state index contributed by atoms with van der Waals surface area (Å²) in [6.45, 7) is 5.77. The molecule has 1 atom stereocenters. The third kappa shape index (κ3) is 2.54. The minimum absolute atomic E-state index is 0.0755. The van der Waals surface area contributed by atoms with Crippen LogP contribution in [0.4, 0.5) is 0 Å². The normalized spacial score (nSPS) is 31.5. The number of piperidine rings is 1. The summed E-state index contributed by atoms with van der Waals surface area (Å²) in [6.07, 6.45) is 3.16. The van der Waals surface area contributed by atoms with Crippen LogP contribution in [-0.2, 0) is 9.53 Å². The molecule has 0 radical (unpaired) electrons. The predicted molar refractivity (Wildman–Crippen MR) is 70.9 cm³/mol. The molecule has 0 aromatic carbocycles. The van der Waals surface area contributed by atoms with E-state index in [0.717, 1.165) is 12.8 Å². The lowest BCUT2D eigenvalue weighted by molar-refractivity contribution is -0.152. The second-order valence-electron chi connectivity index (χ2n) is 6.02. The summed E-state index contributed by atoms with van der Waals surface area (Å²) in [7, 11) is 0. The van der Waals surface area contributed by atoms with Crippen molar-refractivity contribution in [2.24, 2.45) is 16.3 Å². The molecule has 2 rings (SSSR count). The highest BCUT2D eigenvalue weighted by atomic mass is 16.5. The van der Waals surface area contributed by atoms with E-state index in [2.05, 4.69) is 5.16 Å². The van der Waals surface area contributed by atoms with Gasteiger partial charge in [0, 0.05) is 25.1 Å². The van der Waals surface area contributed by atoms with Gasteiger partial charge in [-0.05, 0) is 32.6 Å². The average Bonchev–Trinajstić information content (AvgIpc) is 2.86. The first-order chi connectivity index (χ1) is 8.91. The molecule has 0 spiro atoms. The van der Waals surface area contributed by atoms with Crippen molar-refractivity contribution in [3.05, 3.63) is 0 Å². The van der Waals surface area contributed by atoms with Crippen LogP contribution >= 0.6 is 0 Å². The van der Waals surface area contributed by atoms with Gasteiger partial charge in [-0.3, -0.25) is 4.79 Å². The zero-order valence-corrected chi connectivity index (χ0v) is 11.7. The maximum atomic E-state index is 12.5. The van der Waals surface area contributed by atoms with Crippen molar-refractivity contribution in [2.45, 2.75) is 45.1 Å². The minimum atomic E-state index is -0.648. The maximum Gasteiger partial charge on any atom is 0.254 e. The highest BCUT2D eigenvalue weighted by Gasteiger charge is 2.43. The van der Waals surface area contributed by atoms with Crippen LogP contribution in [0.15, 0.2) is 5.16 Å². The molecular weight excluding hydrogens is 246 g/mol. The molecule has 1 amide bonds. The quantitative estimate of drug-likeness (QED) is 0.338. The largest absolute Gasteiger partial charge is 0.409 e. The second kappa shape index (κ2) is 5.00. The molecule has 6 heteroatoms. The minimum Gasteiger partial charge on any atom is -0.409 e. The van der Waals surface area contributed by atoms with Crippen LogP contribution in [0.2, 0.25) is 0 Å². The summed E-state index contributed by atoms with van der Waals surface area (Å²) in [6, 6.07) is 0. The smallest absolute Gasteiger partial charge is 0.254 e. The van der Waals surface area contributed by atoms with Crippen molar-refractivity contribution >= 4 is 11.7 Å². The topological polar surface area (TPSA) is 88.2 Å². The number of likely N-dealkylation sites (tertiary alicyclic amines) is 1. The van der Waals surface area contributed by atoms with Gasteiger partial charge in [-0.2, -0.15) is 0 Å². The van der Waals surface area contributed by atoms with Crippen LogP contribution in [-0.4, -0.2) is 47.1 Å². The third-order valence-electron chi connectivity index (χ3n) is 4.55. The summed E-state index contributed by atoms with van der Waals surface area (Å²) in [5.74, 6) is 0.328. The number of amides is 1. The molecule has 2 saturated heterocycles. The molecule has 0 saturated carbocycles. The van der Waals surface area contributed by atoms with E-state index in [1.54, 1.807) is 0 Å². The maximum absolute atomic E-state index is 12.5. The van der Waals surface area contributed by atoms with Gasteiger partial charge in [0.05, 0.1) is 0 Å². The van der Waals surface area contributed by atoms with Gasteiger partial charge in [0.15, 0.2) is 0 Å². The number of hydrogen-bond acceptors (Lipinski definition) is 4. The zero-order chi connectivity index (χ0) is 14.1. The Labute approximate surface area is 113 Å². The van der Waals surface area contributed by atoms with Crippen molar-refractivity contribution in [3.63, 3.8) is 0 Å². The zero-order valence-electron chi connectivity index (χ0n) is 11.7. The first-order valence-electron chi connectivity index (χ1n) is 6.83. The molecule has 3 N–H and O–H groups in total. The van der Waals surface area contributed by atoms with E-state index in [1.807, 2.05) is 18.7 Å². The van der Waals surface area contributed by atoms with Crippen molar-refractivity contribution < 1.29 is 14.7 Å². The molecular formula is C13H23N3O3. The summed E-state index contributed by atoms with van der Waals surface area (Å²) >= 11 is 0. The Morgan fingerprint density at radius 1 is 1.32 bits per heavy atom. The number of oxime groups is 1. The lowest BCUT2D eigenvalue weighted by Gasteiger charge is -2.40. The molecule has 0 aromatic heterocycles. The number of rotatable bonds is 2. The molecule has 0 bridgehead atoms. The van der Waals surface area contributed by atoms with Crippen LogP contribution < -0.4 is 5.73 Å². The molecule has 2 aliphatic heterocycles. The highest BCUT2D eigenvalue weighted by Crippen LogP contribution is 2.34. The Kier molecular flexibility index (Phi) is 3.71. The number of hydrogen-bond donors (Lipinski definition) is 2. The van der Waals surface area contributed by atoms with Gasteiger partial charge >= 0.3 is 0 Å². The summed E-state index contributed by atoms with van der Waals surface area (Å²) in [5, 5.41) is 11.9.